The standard InChI is InChI=1S/C11H16FNO/c1-8-4-5-11(10(12)6-8)13-9(2)7-14-3/h4-6,9,13H,7H2,1-3H3/t9-/m0/s1. The van der Waals surface area contributed by atoms with E-state index in [4.69, 9.17) is 4.74 Å². The van der Waals surface area contributed by atoms with E-state index in [1.165, 1.54) is 6.07 Å². The molecular formula is C11H16FNO. The van der Waals surface area contributed by atoms with Crippen molar-refractivity contribution in [3.05, 3.63) is 29.6 Å². The van der Waals surface area contributed by atoms with Crippen LogP contribution >= 0.6 is 0 Å². The van der Waals surface area contributed by atoms with Crippen LogP contribution in [0.3, 0.4) is 0 Å². The van der Waals surface area contributed by atoms with E-state index in [0.29, 0.717) is 12.3 Å². The number of rotatable bonds is 4. The van der Waals surface area contributed by atoms with Gasteiger partial charge in [0.05, 0.1) is 12.3 Å². The van der Waals surface area contributed by atoms with Crippen molar-refractivity contribution < 1.29 is 9.13 Å². The number of anilines is 1. The predicted octanol–water partition coefficient (Wildman–Crippen LogP) is 2.58. The molecule has 0 heterocycles. The minimum atomic E-state index is -0.215. The minimum Gasteiger partial charge on any atom is -0.383 e. The number of hydrogen-bond donors (Lipinski definition) is 1. The molecule has 78 valence electrons. The van der Waals surface area contributed by atoms with Crippen LogP contribution in [0.25, 0.3) is 0 Å². The molecule has 1 aromatic rings. The van der Waals surface area contributed by atoms with Gasteiger partial charge in [-0.15, -0.1) is 0 Å². The summed E-state index contributed by atoms with van der Waals surface area (Å²) in [4.78, 5) is 0. The van der Waals surface area contributed by atoms with E-state index < -0.39 is 0 Å². The molecule has 0 aliphatic carbocycles. The zero-order chi connectivity index (χ0) is 10.6. The molecule has 3 heteroatoms. The summed E-state index contributed by atoms with van der Waals surface area (Å²) in [7, 11) is 1.63. The molecule has 14 heavy (non-hydrogen) atoms. The lowest BCUT2D eigenvalue weighted by Crippen LogP contribution is -2.21. The van der Waals surface area contributed by atoms with E-state index in [1.54, 1.807) is 13.2 Å². The normalized spacial score (nSPS) is 12.6. The van der Waals surface area contributed by atoms with Crippen molar-refractivity contribution in [1.82, 2.24) is 0 Å². The van der Waals surface area contributed by atoms with E-state index in [9.17, 15) is 4.39 Å². The lowest BCUT2D eigenvalue weighted by atomic mass is 10.2. The number of ether oxygens (including phenoxy) is 1. The number of methoxy groups -OCH3 is 1. The fourth-order valence-electron chi connectivity index (χ4n) is 1.29. The Bertz CT molecular complexity index is 301. The van der Waals surface area contributed by atoms with Gasteiger partial charge in [-0.1, -0.05) is 6.07 Å². The number of aryl methyl sites for hydroxylation is 1. The van der Waals surface area contributed by atoms with Gasteiger partial charge in [-0.25, -0.2) is 4.39 Å². The molecule has 0 saturated carbocycles. The van der Waals surface area contributed by atoms with Gasteiger partial charge in [0.15, 0.2) is 0 Å². The quantitative estimate of drug-likeness (QED) is 0.801. The molecule has 0 bridgehead atoms. The number of hydrogen-bond acceptors (Lipinski definition) is 2. The maximum atomic E-state index is 13.3. The van der Waals surface area contributed by atoms with E-state index in [-0.39, 0.29) is 11.9 Å². The van der Waals surface area contributed by atoms with Crippen LogP contribution in [-0.4, -0.2) is 19.8 Å². The highest BCUT2D eigenvalue weighted by atomic mass is 19.1. The Hall–Kier alpha value is -1.09. The third-order valence-corrected chi connectivity index (χ3v) is 1.94. The molecule has 0 aromatic heterocycles. The molecule has 1 rings (SSSR count). The molecule has 0 radical (unpaired) electrons. The second-order valence-corrected chi connectivity index (χ2v) is 3.48. The van der Waals surface area contributed by atoms with Crippen LogP contribution < -0.4 is 5.32 Å². The van der Waals surface area contributed by atoms with Crippen molar-refractivity contribution in [1.29, 1.82) is 0 Å². The van der Waals surface area contributed by atoms with Gasteiger partial charge in [0.1, 0.15) is 5.82 Å². The molecule has 0 unspecified atom stereocenters. The van der Waals surface area contributed by atoms with Gasteiger partial charge in [0.25, 0.3) is 0 Å². The lowest BCUT2D eigenvalue weighted by Gasteiger charge is -2.14. The summed E-state index contributed by atoms with van der Waals surface area (Å²) in [5.41, 5.74) is 1.45. The topological polar surface area (TPSA) is 21.3 Å². The van der Waals surface area contributed by atoms with E-state index in [0.717, 1.165) is 5.56 Å². The van der Waals surface area contributed by atoms with Crippen molar-refractivity contribution in [2.45, 2.75) is 19.9 Å². The first kappa shape index (κ1) is 11.0. The van der Waals surface area contributed by atoms with E-state index in [2.05, 4.69) is 5.32 Å². The molecular weight excluding hydrogens is 181 g/mol. The highest BCUT2D eigenvalue weighted by Crippen LogP contribution is 2.16. The smallest absolute Gasteiger partial charge is 0.146 e. The first-order valence-corrected chi connectivity index (χ1v) is 4.65. The molecule has 0 spiro atoms. The number of nitrogens with one attached hydrogen (secondary N) is 1. The molecule has 2 nitrogen and oxygen atoms in total. The second kappa shape index (κ2) is 4.96. The van der Waals surface area contributed by atoms with Crippen molar-refractivity contribution in [2.75, 3.05) is 19.0 Å². The van der Waals surface area contributed by atoms with Gasteiger partial charge in [0.2, 0.25) is 0 Å². The Kier molecular flexibility index (Phi) is 3.89. The fourth-order valence-corrected chi connectivity index (χ4v) is 1.29. The van der Waals surface area contributed by atoms with E-state index in [1.807, 2.05) is 19.9 Å². The summed E-state index contributed by atoms with van der Waals surface area (Å²) in [6.07, 6.45) is 0. The molecule has 0 amide bonds. The van der Waals surface area contributed by atoms with Crippen LogP contribution in [0.2, 0.25) is 0 Å². The molecule has 0 fully saturated rings. The summed E-state index contributed by atoms with van der Waals surface area (Å²) < 4.78 is 18.3. The second-order valence-electron chi connectivity index (χ2n) is 3.48. The molecule has 0 saturated heterocycles. The molecule has 1 N–H and O–H groups in total. The Labute approximate surface area is 84.1 Å². The van der Waals surface area contributed by atoms with Gasteiger partial charge < -0.3 is 10.1 Å². The first-order valence-electron chi connectivity index (χ1n) is 4.65. The third-order valence-electron chi connectivity index (χ3n) is 1.94. The lowest BCUT2D eigenvalue weighted by molar-refractivity contribution is 0.190. The number of halogens is 1. The average molecular weight is 197 g/mol. The third kappa shape index (κ3) is 3.00. The Balaban J connectivity index is 2.67. The summed E-state index contributed by atoms with van der Waals surface area (Å²) in [6.45, 7) is 4.38. The summed E-state index contributed by atoms with van der Waals surface area (Å²) in [6, 6.07) is 5.25. The molecule has 1 aromatic carbocycles. The first-order chi connectivity index (χ1) is 6.63. The van der Waals surface area contributed by atoms with Crippen LogP contribution in [0, 0.1) is 12.7 Å². The van der Waals surface area contributed by atoms with Gasteiger partial charge >= 0.3 is 0 Å². The van der Waals surface area contributed by atoms with Crippen molar-refractivity contribution in [3.63, 3.8) is 0 Å². The zero-order valence-corrected chi connectivity index (χ0v) is 8.80. The SMILES string of the molecule is COC[C@H](C)Nc1ccc(C)cc1F. The zero-order valence-electron chi connectivity index (χ0n) is 8.80. The largest absolute Gasteiger partial charge is 0.383 e. The summed E-state index contributed by atoms with van der Waals surface area (Å²) >= 11 is 0. The van der Waals surface area contributed by atoms with Crippen LogP contribution in [0.4, 0.5) is 10.1 Å². The predicted molar refractivity (Wildman–Crippen MR) is 56.1 cm³/mol. The maximum absolute atomic E-state index is 13.3. The van der Waals surface area contributed by atoms with Crippen molar-refractivity contribution >= 4 is 5.69 Å². The number of benzene rings is 1. The van der Waals surface area contributed by atoms with Crippen LogP contribution in [0.5, 0.6) is 0 Å². The summed E-state index contributed by atoms with van der Waals surface area (Å²) in [5.74, 6) is -0.215. The molecule has 0 aliphatic rings. The monoisotopic (exact) mass is 197 g/mol. The highest BCUT2D eigenvalue weighted by molar-refractivity contribution is 5.46. The van der Waals surface area contributed by atoms with Crippen molar-refractivity contribution in [3.8, 4) is 0 Å². The maximum Gasteiger partial charge on any atom is 0.146 e. The average Bonchev–Trinajstić information content (AvgIpc) is 2.10. The van der Waals surface area contributed by atoms with Crippen LogP contribution in [-0.2, 0) is 4.74 Å². The van der Waals surface area contributed by atoms with Crippen molar-refractivity contribution in [2.24, 2.45) is 0 Å². The minimum absolute atomic E-state index is 0.109. The van der Waals surface area contributed by atoms with Gasteiger partial charge in [-0.2, -0.15) is 0 Å². The van der Waals surface area contributed by atoms with E-state index >= 15 is 0 Å². The highest BCUT2D eigenvalue weighted by Gasteiger charge is 2.05. The Morgan fingerprint density at radius 1 is 1.50 bits per heavy atom. The molecule has 0 aliphatic heterocycles. The molecule has 1 atom stereocenters. The van der Waals surface area contributed by atoms with Gasteiger partial charge in [0, 0.05) is 13.2 Å². The Morgan fingerprint density at radius 3 is 2.79 bits per heavy atom. The Morgan fingerprint density at radius 2 is 2.21 bits per heavy atom. The fraction of sp³-hybridized carbons (Fsp3) is 0.455. The van der Waals surface area contributed by atoms with Crippen LogP contribution in [0.15, 0.2) is 18.2 Å². The van der Waals surface area contributed by atoms with Gasteiger partial charge in [-0.05, 0) is 31.5 Å². The van der Waals surface area contributed by atoms with Crippen LogP contribution in [0.1, 0.15) is 12.5 Å². The van der Waals surface area contributed by atoms with Gasteiger partial charge in [-0.3, -0.25) is 0 Å². The summed E-state index contributed by atoms with van der Waals surface area (Å²) in [5, 5.41) is 3.04.